The topological polar surface area (TPSA) is 122 Å². The van der Waals surface area contributed by atoms with Crippen molar-refractivity contribution >= 4 is 23.3 Å². The molecule has 2 aliphatic heterocycles. The molecular weight excluding hydrogens is 631 g/mol. The van der Waals surface area contributed by atoms with Crippen LogP contribution in [0, 0.1) is 11.7 Å². The summed E-state index contributed by atoms with van der Waals surface area (Å²) in [7, 11) is 2.04. The smallest absolute Gasteiger partial charge is 0.323 e. The Labute approximate surface area is 287 Å². The molecule has 0 aromatic heterocycles. The van der Waals surface area contributed by atoms with Gasteiger partial charge in [0, 0.05) is 43.5 Å². The van der Waals surface area contributed by atoms with E-state index in [1.165, 1.54) is 24.3 Å². The number of hydrogen-bond acceptors (Lipinski definition) is 8. The van der Waals surface area contributed by atoms with E-state index in [2.05, 4.69) is 22.5 Å². The van der Waals surface area contributed by atoms with Crippen molar-refractivity contribution in [1.82, 2.24) is 9.80 Å². The van der Waals surface area contributed by atoms with Crippen LogP contribution in [0.2, 0.25) is 0 Å². The van der Waals surface area contributed by atoms with E-state index >= 15 is 0 Å². The number of aliphatic hydroxyl groups is 1. The molecule has 0 saturated carbocycles. The van der Waals surface area contributed by atoms with Crippen molar-refractivity contribution < 1.29 is 38.0 Å². The second-order valence-electron chi connectivity index (χ2n) is 13.0. The van der Waals surface area contributed by atoms with Gasteiger partial charge in [-0.2, -0.15) is 0 Å². The number of nitrogens with one attached hydrogen (secondary N) is 2. The number of halogens is 1. The van der Waals surface area contributed by atoms with E-state index in [9.17, 15) is 19.1 Å². The molecule has 0 aliphatic carbocycles. The van der Waals surface area contributed by atoms with Gasteiger partial charge in [-0.05, 0) is 100 Å². The van der Waals surface area contributed by atoms with E-state index in [1.54, 1.807) is 30.0 Å². The van der Waals surface area contributed by atoms with E-state index in [-0.39, 0.29) is 43.0 Å². The lowest BCUT2D eigenvalue weighted by molar-refractivity contribution is -0.0177. The first-order valence-electron chi connectivity index (χ1n) is 16.8. The Balaban J connectivity index is 1.36. The number of rotatable bonds is 8. The van der Waals surface area contributed by atoms with E-state index in [0.717, 1.165) is 36.3 Å². The second kappa shape index (κ2) is 16.8. The number of nitrogens with zero attached hydrogens (tertiary/aromatic N) is 2. The molecule has 5 rings (SSSR count). The van der Waals surface area contributed by atoms with Gasteiger partial charge in [-0.3, -0.25) is 9.69 Å². The number of anilines is 2. The lowest BCUT2D eigenvalue weighted by Gasteiger charge is -2.36. The van der Waals surface area contributed by atoms with Gasteiger partial charge in [-0.15, -0.1) is 0 Å². The van der Waals surface area contributed by atoms with Crippen LogP contribution in [-0.4, -0.2) is 85.2 Å². The second-order valence-corrected chi connectivity index (χ2v) is 13.0. The van der Waals surface area contributed by atoms with Crippen LogP contribution < -0.4 is 24.8 Å². The van der Waals surface area contributed by atoms with E-state index in [0.29, 0.717) is 43.4 Å². The fourth-order valence-electron chi connectivity index (χ4n) is 6.01. The number of fused-ring (bicyclic) bond motifs is 2. The van der Waals surface area contributed by atoms with Crippen molar-refractivity contribution in [3.05, 3.63) is 77.6 Å². The highest BCUT2D eigenvalue weighted by atomic mass is 19.1. The average Bonchev–Trinajstić information content (AvgIpc) is 3.55. The van der Waals surface area contributed by atoms with Gasteiger partial charge in [0.1, 0.15) is 11.6 Å². The van der Waals surface area contributed by atoms with E-state index in [1.807, 2.05) is 32.2 Å². The highest BCUT2D eigenvalue weighted by Gasteiger charge is 2.30. The molecular formula is C37H47FN4O7. The van der Waals surface area contributed by atoms with Crippen molar-refractivity contribution in [2.45, 2.75) is 64.8 Å². The molecule has 12 heteroatoms. The molecule has 0 saturated heterocycles. The summed E-state index contributed by atoms with van der Waals surface area (Å²) in [5, 5.41) is 15.7. The normalized spacial score (nSPS) is 20.6. The number of amides is 3. The first-order valence-corrected chi connectivity index (χ1v) is 16.8. The van der Waals surface area contributed by atoms with Crippen LogP contribution in [0.5, 0.6) is 17.2 Å². The molecule has 2 heterocycles. The standard InChI is InChI=1S/C37H47FN4O7/c1-24-19-42(25(2)22-43)36(44)31-18-30(40-37(45)39-29-11-9-28(38)10-12-29)13-15-32(31)49-26(3)7-5-6-16-46-35(24)21-41(4)20-27-8-14-33-34(17-27)48-23-47-33/h8-15,17-18,24-26,35,43H,5-7,16,19-23H2,1-4H3,(H2,39,40,45)/t24-,25-,26+,35+/m0/s1. The molecule has 0 unspecified atom stereocenters. The van der Waals surface area contributed by atoms with Gasteiger partial charge < -0.3 is 39.6 Å². The molecule has 3 N–H and O–H groups in total. The largest absolute Gasteiger partial charge is 0.490 e. The van der Waals surface area contributed by atoms with Crippen LogP contribution in [0.15, 0.2) is 60.7 Å². The number of aliphatic hydroxyl groups excluding tert-OH is 1. The zero-order chi connectivity index (χ0) is 34.9. The molecule has 0 bridgehead atoms. The molecule has 2 aliphatic rings. The van der Waals surface area contributed by atoms with Crippen molar-refractivity contribution in [3.63, 3.8) is 0 Å². The molecule has 0 fully saturated rings. The van der Waals surface area contributed by atoms with Crippen molar-refractivity contribution in [3.8, 4) is 17.2 Å². The van der Waals surface area contributed by atoms with E-state index in [4.69, 9.17) is 18.9 Å². The SMILES string of the molecule is C[C@@H]1CCCCO[C@H](CN(C)Cc2ccc3c(c2)OCO3)[C@@H](C)CN([C@@H](C)CO)C(=O)c2cc(NC(=O)Nc3ccc(F)cc3)ccc2O1. The summed E-state index contributed by atoms with van der Waals surface area (Å²) in [5.74, 6) is 1.06. The molecule has 264 valence electrons. The summed E-state index contributed by atoms with van der Waals surface area (Å²) in [6, 6.07) is 15.3. The first-order chi connectivity index (χ1) is 23.6. The number of hydrogen-bond donors (Lipinski definition) is 3. The quantitative estimate of drug-likeness (QED) is 0.261. The number of urea groups is 1. The Morgan fingerprint density at radius 3 is 2.49 bits per heavy atom. The minimum absolute atomic E-state index is 0.0915. The summed E-state index contributed by atoms with van der Waals surface area (Å²) in [5.41, 5.74) is 2.15. The molecule has 0 radical (unpaired) electrons. The summed E-state index contributed by atoms with van der Waals surface area (Å²) < 4.78 is 37.1. The molecule has 49 heavy (non-hydrogen) atoms. The van der Waals surface area contributed by atoms with Crippen LogP contribution in [0.25, 0.3) is 0 Å². The van der Waals surface area contributed by atoms with Gasteiger partial charge in [0.2, 0.25) is 6.79 Å². The van der Waals surface area contributed by atoms with Crippen molar-refractivity contribution in [2.24, 2.45) is 5.92 Å². The molecule has 3 aromatic carbocycles. The number of likely N-dealkylation sites (N-methyl/N-ethyl adjacent to an activating group) is 1. The lowest BCUT2D eigenvalue weighted by Crippen LogP contribution is -2.47. The number of carbonyl (C=O) groups is 2. The van der Waals surface area contributed by atoms with Crippen LogP contribution in [0.3, 0.4) is 0 Å². The Morgan fingerprint density at radius 1 is 1.00 bits per heavy atom. The van der Waals surface area contributed by atoms with Gasteiger partial charge >= 0.3 is 6.03 Å². The fourth-order valence-corrected chi connectivity index (χ4v) is 6.01. The zero-order valence-corrected chi connectivity index (χ0v) is 28.6. The van der Waals surface area contributed by atoms with Crippen LogP contribution in [-0.2, 0) is 11.3 Å². The summed E-state index contributed by atoms with van der Waals surface area (Å²) in [6.45, 7) is 8.01. The third kappa shape index (κ3) is 9.84. The van der Waals surface area contributed by atoms with Gasteiger partial charge in [0.05, 0.1) is 30.4 Å². The maximum absolute atomic E-state index is 14.4. The highest BCUT2D eigenvalue weighted by molar-refractivity contribution is 6.02. The minimum atomic E-state index is -0.548. The highest BCUT2D eigenvalue weighted by Crippen LogP contribution is 2.33. The molecule has 4 atom stereocenters. The number of ether oxygens (including phenoxy) is 4. The molecule has 3 amide bonds. The van der Waals surface area contributed by atoms with Crippen molar-refractivity contribution in [2.75, 3.05) is 50.8 Å². The number of carbonyl (C=O) groups excluding carboxylic acids is 2. The number of benzene rings is 3. The van der Waals surface area contributed by atoms with Gasteiger partial charge in [-0.1, -0.05) is 13.0 Å². The Morgan fingerprint density at radius 2 is 1.71 bits per heavy atom. The zero-order valence-electron chi connectivity index (χ0n) is 28.6. The molecule has 3 aromatic rings. The maximum Gasteiger partial charge on any atom is 0.323 e. The predicted molar refractivity (Wildman–Crippen MR) is 185 cm³/mol. The minimum Gasteiger partial charge on any atom is -0.490 e. The van der Waals surface area contributed by atoms with Gasteiger partial charge in [0.15, 0.2) is 11.5 Å². The summed E-state index contributed by atoms with van der Waals surface area (Å²) in [4.78, 5) is 31.0. The van der Waals surface area contributed by atoms with Gasteiger partial charge in [-0.25, -0.2) is 9.18 Å². The molecule has 11 nitrogen and oxygen atoms in total. The van der Waals surface area contributed by atoms with Crippen LogP contribution in [0.4, 0.5) is 20.6 Å². The predicted octanol–water partition coefficient (Wildman–Crippen LogP) is 6.13. The monoisotopic (exact) mass is 678 g/mol. The first kappa shape index (κ1) is 35.9. The van der Waals surface area contributed by atoms with Crippen molar-refractivity contribution in [1.29, 1.82) is 0 Å². The third-order valence-corrected chi connectivity index (χ3v) is 8.79. The lowest BCUT2D eigenvalue weighted by atomic mass is 10.0. The van der Waals surface area contributed by atoms with Gasteiger partial charge in [0.25, 0.3) is 5.91 Å². The third-order valence-electron chi connectivity index (χ3n) is 8.79. The Hall–Kier alpha value is -4.39. The van der Waals surface area contributed by atoms with Crippen LogP contribution >= 0.6 is 0 Å². The fraction of sp³-hybridized carbons (Fsp3) is 0.459. The van der Waals surface area contributed by atoms with E-state index < -0.39 is 17.9 Å². The van der Waals surface area contributed by atoms with Crippen LogP contribution in [0.1, 0.15) is 56.0 Å². The Kier molecular flexibility index (Phi) is 12.3. The summed E-state index contributed by atoms with van der Waals surface area (Å²) >= 11 is 0. The molecule has 0 spiro atoms. The summed E-state index contributed by atoms with van der Waals surface area (Å²) in [6.07, 6.45) is 2.13. The average molecular weight is 679 g/mol. The maximum atomic E-state index is 14.4. The Bertz CT molecular complexity index is 1570.